The normalized spacial score (nSPS) is 19.4. The third-order valence-corrected chi connectivity index (χ3v) is 8.77. The van der Waals surface area contributed by atoms with Crippen LogP contribution in [0.4, 0.5) is 0 Å². The monoisotopic (exact) mass is 462 g/mol. The van der Waals surface area contributed by atoms with Gasteiger partial charge < -0.3 is 29.5 Å². The van der Waals surface area contributed by atoms with Crippen molar-refractivity contribution in [2.24, 2.45) is 0 Å². The Bertz CT molecular complexity index is 341. The van der Waals surface area contributed by atoms with Gasteiger partial charge in [-0.2, -0.15) is 0 Å². The zero-order valence-corrected chi connectivity index (χ0v) is 17.4. The molecule has 0 radical (unpaired) electrons. The summed E-state index contributed by atoms with van der Waals surface area (Å²) in [7, 11) is 5.65. The van der Waals surface area contributed by atoms with E-state index in [0.29, 0.717) is 0 Å². The highest BCUT2D eigenvalue weighted by atomic mass is 33.1. The average Bonchev–Trinajstić information content (AvgIpc) is 2.47. The predicted molar refractivity (Wildman–Crippen MR) is 105 cm³/mol. The number of hydrogen-bond acceptors (Lipinski definition) is 10. The third-order valence-electron chi connectivity index (χ3n) is 2.41. The Kier molecular flexibility index (Phi) is 16.5. The second kappa shape index (κ2) is 15.5. The molecule has 0 fully saturated rings. The summed E-state index contributed by atoms with van der Waals surface area (Å²) in [5.74, 6) is 1.22. The van der Waals surface area contributed by atoms with Crippen LogP contribution in [-0.2, 0) is 22.2 Å². The lowest BCUT2D eigenvalue weighted by Crippen LogP contribution is -2.32. The van der Waals surface area contributed by atoms with Crippen molar-refractivity contribution in [1.29, 1.82) is 0 Å². The topological polar surface area (TPSA) is 156 Å². The van der Waals surface area contributed by atoms with Crippen LogP contribution >= 0.6 is 43.2 Å². The molecule has 24 heavy (non-hydrogen) atoms. The molecule has 6 N–H and O–H groups in total. The van der Waals surface area contributed by atoms with Gasteiger partial charge in [-0.05, 0) is 0 Å². The van der Waals surface area contributed by atoms with E-state index in [2.05, 4.69) is 0 Å². The molecule has 0 aliphatic rings. The molecule has 14 heteroatoms. The molecule has 0 rings (SSSR count). The van der Waals surface area contributed by atoms with Gasteiger partial charge in [0, 0.05) is 23.0 Å². The highest BCUT2D eigenvalue weighted by Gasteiger charge is 2.19. The number of hydrogen-bond donors (Lipinski definition) is 6. The summed E-state index contributed by atoms with van der Waals surface area (Å²) in [5.41, 5.74) is 0. The highest BCUT2D eigenvalue weighted by Crippen LogP contribution is 2.28. The van der Waals surface area contributed by atoms with Crippen LogP contribution in [0.3, 0.4) is 0 Å². The van der Waals surface area contributed by atoms with Crippen molar-refractivity contribution in [1.82, 2.24) is 0 Å². The van der Waals surface area contributed by atoms with Gasteiger partial charge in [-0.1, -0.05) is 43.2 Å². The zero-order chi connectivity index (χ0) is 18.5. The molecule has 0 aromatic heterocycles. The van der Waals surface area contributed by atoms with E-state index in [-0.39, 0.29) is 23.0 Å². The van der Waals surface area contributed by atoms with E-state index < -0.39 is 46.6 Å². The van der Waals surface area contributed by atoms with Gasteiger partial charge in [0.2, 0.25) is 0 Å². The van der Waals surface area contributed by atoms with Gasteiger partial charge in [0.1, 0.15) is 0 Å². The lowest BCUT2D eigenvalue weighted by molar-refractivity contribution is 0.0489. The van der Waals surface area contributed by atoms with Crippen molar-refractivity contribution in [2.75, 3.05) is 34.5 Å². The second-order valence-corrected chi connectivity index (χ2v) is 11.7. The Hall–Kier alpha value is 1.46. The molecule has 0 aliphatic heterocycles. The van der Waals surface area contributed by atoms with Crippen molar-refractivity contribution in [3.63, 3.8) is 0 Å². The fraction of sp³-hybridized carbons (Fsp3) is 1.00. The van der Waals surface area contributed by atoms with Crippen molar-refractivity contribution in [3.8, 4) is 0 Å². The first-order valence-electron chi connectivity index (χ1n) is 6.60. The number of aliphatic hydroxyl groups is 4. The van der Waals surface area contributed by atoms with Gasteiger partial charge in [0.25, 0.3) is 0 Å². The molecule has 8 nitrogen and oxygen atoms in total. The maximum absolute atomic E-state index is 10.5. The van der Waals surface area contributed by atoms with Crippen LogP contribution in [0.2, 0.25) is 0 Å². The van der Waals surface area contributed by atoms with Gasteiger partial charge in [-0.25, -0.2) is 8.42 Å². The van der Waals surface area contributed by atoms with Gasteiger partial charge in [0.15, 0.2) is 22.2 Å². The lowest BCUT2D eigenvalue weighted by Gasteiger charge is -2.15. The molecule has 0 saturated heterocycles. The fourth-order valence-corrected chi connectivity index (χ4v) is 7.23. The maximum atomic E-state index is 10.5. The molecule has 0 spiro atoms. The smallest absolute Gasteiger partial charge is 0.155 e. The van der Waals surface area contributed by atoms with Crippen molar-refractivity contribution in [2.45, 2.75) is 24.4 Å². The van der Waals surface area contributed by atoms with Crippen LogP contribution < -0.4 is 0 Å². The number of aliphatic hydroxyl groups excluding tert-OH is 4. The van der Waals surface area contributed by atoms with E-state index in [1.165, 1.54) is 43.2 Å². The molecule has 146 valence electrons. The first kappa shape index (κ1) is 25.5. The first-order chi connectivity index (χ1) is 11.2. The van der Waals surface area contributed by atoms with E-state index in [9.17, 15) is 28.8 Å². The fourth-order valence-electron chi connectivity index (χ4n) is 1.16. The van der Waals surface area contributed by atoms with Gasteiger partial charge in [-0.15, -0.1) is 0 Å². The molecule has 0 aromatic rings. The number of rotatable bonds is 15. The molecule has 0 heterocycles. The van der Waals surface area contributed by atoms with Crippen molar-refractivity contribution in [3.05, 3.63) is 0 Å². The second-order valence-electron chi connectivity index (χ2n) is 4.46. The van der Waals surface area contributed by atoms with Gasteiger partial charge >= 0.3 is 0 Å². The molecule has 0 bridgehead atoms. The summed E-state index contributed by atoms with van der Waals surface area (Å²) in [6, 6.07) is 0. The summed E-state index contributed by atoms with van der Waals surface area (Å²) in [6.07, 6.45) is -4.58. The summed E-state index contributed by atoms with van der Waals surface area (Å²) in [6.45, 7) is 0. The maximum Gasteiger partial charge on any atom is 0.155 e. The van der Waals surface area contributed by atoms with Gasteiger partial charge in [-0.3, -0.25) is 0 Å². The van der Waals surface area contributed by atoms with Crippen LogP contribution in [0, 0.1) is 0 Å². The SMILES string of the molecule is O=S(O)C[C@H](O)[C@@H](O)CSSCCSSC[C@H](O)[C@@H](O)CS(=O)O. The summed E-state index contributed by atoms with van der Waals surface area (Å²) >= 11 is -4.28. The minimum atomic E-state index is -2.14. The Morgan fingerprint density at radius 1 is 0.625 bits per heavy atom. The third kappa shape index (κ3) is 14.6. The molecule has 6 atom stereocenters. The molecular weight excluding hydrogens is 441 g/mol. The van der Waals surface area contributed by atoms with E-state index in [1.54, 1.807) is 0 Å². The Morgan fingerprint density at radius 3 is 1.25 bits per heavy atom. The zero-order valence-electron chi connectivity index (χ0n) is 12.5. The summed E-state index contributed by atoms with van der Waals surface area (Å²) in [4.78, 5) is 0. The van der Waals surface area contributed by atoms with Crippen LogP contribution in [-0.4, -0.2) is 96.9 Å². The summed E-state index contributed by atoms with van der Waals surface area (Å²) in [5, 5.41) is 37.9. The van der Waals surface area contributed by atoms with E-state index in [4.69, 9.17) is 9.11 Å². The summed E-state index contributed by atoms with van der Waals surface area (Å²) < 4.78 is 38.2. The average molecular weight is 463 g/mol. The standard InChI is InChI=1S/C10H22O8S6/c11-7(9(13)5-23(15)16)3-21-19-1-2-20-22-4-8(12)10(14)6-24(17)18/h7-14H,1-6H2,(H,15,16)(H,17,18)/t7-,8-,9-,10-/m0/s1. The highest BCUT2D eigenvalue weighted by molar-refractivity contribution is 8.78. The van der Waals surface area contributed by atoms with Crippen LogP contribution in [0.25, 0.3) is 0 Å². The Labute approximate surface area is 161 Å². The minimum Gasteiger partial charge on any atom is -0.389 e. The van der Waals surface area contributed by atoms with Crippen LogP contribution in [0.5, 0.6) is 0 Å². The lowest BCUT2D eigenvalue weighted by atomic mass is 10.3. The molecule has 0 saturated carbocycles. The predicted octanol–water partition coefficient (Wildman–Crippen LogP) is -0.364. The Morgan fingerprint density at radius 2 is 0.958 bits per heavy atom. The van der Waals surface area contributed by atoms with Crippen molar-refractivity contribution < 1.29 is 37.9 Å². The van der Waals surface area contributed by atoms with Crippen molar-refractivity contribution >= 4 is 65.3 Å². The van der Waals surface area contributed by atoms with Crippen LogP contribution in [0.1, 0.15) is 0 Å². The van der Waals surface area contributed by atoms with E-state index in [1.807, 2.05) is 0 Å². The van der Waals surface area contributed by atoms with E-state index in [0.717, 1.165) is 11.5 Å². The quantitative estimate of drug-likeness (QED) is 0.107. The first-order valence-corrected chi connectivity index (χ1v) is 14.1. The molecule has 0 amide bonds. The van der Waals surface area contributed by atoms with Crippen LogP contribution in [0.15, 0.2) is 0 Å². The van der Waals surface area contributed by atoms with Gasteiger partial charge in [0.05, 0.1) is 35.9 Å². The minimum absolute atomic E-state index is 0.240. The molecule has 0 aliphatic carbocycles. The largest absolute Gasteiger partial charge is 0.389 e. The Balaban J connectivity index is 3.54. The molecule has 2 unspecified atom stereocenters. The molecule has 0 aromatic carbocycles. The van der Waals surface area contributed by atoms with E-state index >= 15 is 0 Å². The molecular formula is C10H22O8S6.